The predicted molar refractivity (Wildman–Crippen MR) is 180 cm³/mol. The topological polar surface area (TPSA) is 96.6 Å². The van der Waals surface area contributed by atoms with Crippen molar-refractivity contribution in [1.82, 2.24) is 5.01 Å². The lowest BCUT2D eigenvalue weighted by Crippen LogP contribution is -2.35. The Hall–Kier alpha value is -3.30. The maximum atomic E-state index is 12.9. The molecule has 5 rings (SSSR count). The van der Waals surface area contributed by atoms with Crippen LogP contribution in [0.2, 0.25) is 5.02 Å². The first-order valence-corrected chi connectivity index (χ1v) is 16.9. The summed E-state index contributed by atoms with van der Waals surface area (Å²) >= 11 is 7.97. The Morgan fingerprint density at radius 1 is 1.05 bits per heavy atom. The van der Waals surface area contributed by atoms with Gasteiger partial charge in [-0.25, -0.2) is 0 Å². The van der Waals surface area contributed by atoms with E-state index in [9.17, 15) is 4.79 Å². The van der Waals surface area contributed by atoms with Crippen molar-refractivity contribution in [1.29, 1.82) is 5.41 Å². The summed E-state index contributed by atoms with van der Waals surface area (Å²) in [5.74, 6) is 1.79. The molecule has 0 bridgehead atoms. The highest BCUT2D eigenvalue weighted by atomic mass is 35.5. The minimum atomic E-state index is -0.479. The molecule has 0 saturated heterocycles. The molecule has 44 heavy (non-hydrogen) atoms. The highest BCUT2D eigenvalue weighted by Gasteiger charge is 2.35. The van der Waals surface area contributed by atoms with Gasteiger partial charge >= 0.3 is 0 Å². The van der Waals surface area contributed by atoms with Crippen LogP contribution >= 0.6 is 23.4 Å². The van der Waals surface area contributed by atoms with Crippen molar-refractivity contribution in [3.8, 4) is 17.2 Å². The number of ether oxygens (including phenoxy) is 3. The van der Waals surface area contributed by atoms with E-state index in [1.54, 1.807) is 18.2 Å². The third-order valence-corrected chi connectivity index (χ3v) is 9.36. The Morgan fingerprint density at radius 3 is 2.55 bits per heavy atom. The minimum Gasteiger partial charge on any atom is -0.493 e. The average Bonchev–Trinajstić information content (AvgIpc) is 3.45. The molecule has 1 aliphatic carbocycles. The van der Waals surface area contributed by atoms with Crippen molar-refractivity contribution in [3.63, 3.8) is 0 Å². The van der Waals surface area contributed by atoms with E-state index in [1.807, 2.05) is 12.1 Å². The summed E-state index contributed by atoms with van der Waals surface area (Å²) in [6, 6.07) is 11.8. The first kappa shape index (κ1) is 32.1. The second-order valence-electron chi connectivity index (χ2n) is 11.3. The van der Waals surface area contributed by atoms with Gasteiger partial charge in [-0.15, -0.1) is 0 Å². The van der Waals surface area contributed by atoms with Gasteiger partial charge in [-0.05, 0) is 84.8 Å². The Morgan fingerprint density at radius 2 is 1.80 bits per heavy atom. The number of amides is 1. The van der Waals surface area contributed by atoms with Gasteiger partial charge in [-0.3, -0.25) is 10.2 Å². The van der Waals surface area contributed by atoms with Crippen LogP contribution in [-0.4, -0.2) is 47.3 Å². The largest absolute Gasteiger partial charge is 0.493 e. The van der Waals surface area contributed by atoms with E-state index < -0.39 is 5.91 Å². The second kappa shape index (κ2) is 15.6. The first-order chi connectivity index (χ1) is 21.5. The Labute approximate surface area is 269 Å². The minimum absolute atomic E-state index is 0.00665. The van der Waals surface area contributed by atoms with Crippen LogP contribution in [0, 0.1) is 5.41 Å². The summed E-state index contributed by atoms with van der Waals surface area (Å²) in [5, 5.41) is 16.3. The van der Waals surface area contributed by atoms with Gasteiger partial charge in [0.15, 0.2) is 17.3 Å². The smallest absolute Gasteiger partial charge is 0.283 e. The molecule has 0 radical (unpaired) electrons. The maximum absolute atomic E-state index is 12.9. The molecule has 2 aromatic rings. The van der Waals surface area contributed by atoms with Crippen molar-refractivity contribution in [2.75, 3.05) is 20.3 Å². The second-order valence-corrected chi connectivity index (χ2v) is 12.8. The number of aliphatic imine (C=N–C) groups is 1. The number of fused-ring (bicyclic) bond motifs is 1. The lowest BCUT2D eigenvalue weighted by Gasteiger charge is -2.22. The van der Waals surface area contributed by atoms with Gasteiger partial charge in [0.1, 0.15) is 24.0 Å². The molecule has 10 heteroatoms. The number of thioether (sulfide) groups is 1. The number of amidine groups is 2. The van der Waals surface area contributed by atoms with Crippen LogP contribution in [0.4, 0.5) is 0 Å². The molecule has 2 aliphatic heterocycles. The van der Waals surface area contributed by atoms with Crippen molar-refractivity contribution < 1.29 is 19.0 Å². The van der Waals surface area contributed by atoms with Crippen molar-refractivity contribution in [3.05, 3.63) is 58.1 Å². The van der Waals surface area contributed by atoms with Crippen LogP contribution in [0.25, 0.3) is 6.08 Å². The monoisotopic (exact) mass is 636 g/mol. The van der Waals surface area contributed by atoms with E-state index in [2.05, 4.69) is 29.2 Å². The van der Waals surface area contributed by atoms with E-state index in [0.29, 0.717) is 39.8 Å². The molecule has 3 aliphatic rings. The summed E-state index contributed by atoms with van der Waals surface area (Å²) in [4.78, 5) is 17.1. The zero-order chi connectivity index (χ0) is 30.9. The fourth-order valence-electron chi connectivity index (χ4n) is 5.72. The highest BCUT2D eigenvalue weighted by molar-refractivity contribution is 8.26. The van der Waals surface area contributed by atoms with Crippen molar-refractivity contribution in [2.45, 2.75) is 83.5 Å². The maximum Gasteiger partial charge on any atom is 0.283 e. The molecule has 0 aromatic heterocycles. The van der Waals surface area contributed by atoms with Gasteiger partial charge in [-0.1, -0.05) is 75.6 Å². The number of carbonyl (C=O) groups is 1. The zero-order valence-electron chi connectivity index (χ0n) is 25.6. The number of halogens is 1. The van der Waals surface area contributed by atoms with Crippen LogP contribution in [0.1, 0.15) is 94.6 Å². The third-order valence-electron chi connectivity index (χ3n) is 8.11. The van der Waals surface area contributed by atoms with E-state index in [0.717, 1.165) is 30.1 Å². The molecule has 1 fully saturated rings. The van der Waals surface area contributed by atoms with Crippen molar-refractivity contribution in [2.24, 2.45) is 10.1 Å². The number of hydrogen-bond acceptors (Lipinski definition) is 7. The van der Waals surface area contributed by atoms with Crippen LogP contribution in [0.15, 0.2) is 52.1 Å². The summed E-state index contributed by atoms with van der Waals surface area (Å²) < 4.78 is 17.4. The number of nitrogens with zero attached hydrogens (tertiary/aromatic N) is 3. The average molecular weight is 637 g/mol. The Balaban J connectivity index is 1.18. The summed E-state index contributed by atoms with van der Waals surface area (Å²) in [6.45, 7) is 2.81. The molecule has 0 spiro atoms. The fourth-order valence-corrected chi connectivity index (χ4v) is 6.92. The quantitative estimate of drug-likeness (QED) is 0.164. The normalized spacial score (nSPS) is 17.9. The zero-order valence-corrected chi connectivity index (χ0v) is 27.1. The first-order valence-electron chi connectivity index (χ1n) is 15.7. The molecular weight excluding hydrogens is 596 g/mol. The molecule has 1 saturated carbocycles. The summed E-state index contributed by atoms with van der Waals surface area (Å²) in [7, 11) is 1.53. The van der Waals surface area contributed by atoms with E-state index in [4.69, 9.17) is 31.2 Å². The van der Waals surface area contributed by atoms with Crippen LogP contribution in [0.5, 0.6) is 17.2 Å². The van der Waals surface area contributed by atoms with Crippen LogP contribution in [0.3, 0.4) is 0 Å². The molecule has 1 amide bonds. The van der Waals surface area contributed by atoms with Gasteiger partial charge in [0.25, 0.3) is 5.91 Å². The van der Waals surface area contributed by atoms with Gasteiger partial charge in [-0.2, -0.15) is 15.1 Å². The van der Waals surface area contributed by atoms with Gasteiger partial charge in [0, 0.05) is 0 Å². The molecule has 234 valence electrons. The van der Waals surface area contributed by atoms with E-state index >= 15 is 0 Å². The Kier molecular flexibility index (Phi) is 11.4. The number of rotatable bonds is 14. The standard InChI is InChI=1S/C34H41ClN4O4S/c1-3-4-5-6-10-13-30-38-39-32(36)27(33(40)37-34(39)44-30)20-23-21-28(35)31(29(22-23)41-2)43-19-18-42-26-16-14-25(15-17-26)24-11-8-7-9-12-24/h14-17,20-22,24,36H,3-13,18-19H2,1-2H3/b27-20-,36-32?. The molecule has 2 aromatic carbocycles. The third kappa shape index (κ3) is 8.04. The summed E-state index contributed by atoms with van der Waals surface area (Å²) in [5.41, 5.74) is 2.12. The number of methoxy groups -OCH3 is 1. The summed E-state index contributed by atoms with van der Waals surface area (Å²) in [6.07, 6.45) is 14.7. The number of hydrazone groups is 1. The molecule has 1 N–H and O–H groups in total. The SMILES string of the molecule is CCCCCCCC1=NN2C(=N)/C(=C/c3cc(Cl)c(OCCOc4ccc(C5CCCCC5)cc4)c(OC)c3)C(=O)N=C2S1. The van der Waals surface area contributed by atoms with E-state index in [-0.39, 0.29) is 18.0 Å². The molecule has 8 nitrogen and oxygen atoms in total. The lowest BCUT2D eigenvalue weighted by atomic mass is 9.84. The number of hydrogen-bond donors (Lipinski definition) is 1. The number of benzene rings is 2. The predicted octanol–water partition coefficient (Wildman–Crippen LogP) is 8.83. The number of nitrogens with one attached hydrogen (secondary N) is 1. The highest BCUT2D eigenvalue weighted by Crippen LogP contribution is 2.38. The van der Waals surface area contributed by atoms with Crippen molar-refractivity contribution >= 4 is 51.4 Å². The number of carbonyl (C=O) groups excluding carboxylic acids is 1. The lowest BCUT2D eigenvalue weighted by molar-refractivity contribution is -0.114. The van der Waals surface area contributed by atoms with Crippen LogP contribution < -0.4 is 14.2 Å². The Bertz CT molecular complexity index is 1430. The van der Waals surface area contributed by atoms with Crippen LogP contribution in [-0.2, 0) is 4.79 Å². The molecule has 0 atom stereocenters. The fraction of sp³-hybridized carbons (Fsp3) is 0.471. The molecule has 2 heterocycles. The molecular formula is C34H41ClN4O4S. The van der Waals surface area contributed by atoms with Gasteiger partial charge in [0.05, 0.1) is 17.7 Å². The van der Waals surface area contributed by atoms with E-state index in [1.165, 1.54) is 80.8 Å². The molecule has 0 unspecified atom stereocenters. The number of unbranched alkanes of at least 4 members (excludes halogenated alkanes) is 4. The van der Waals surface area contributed by atoms with Gasteiger partial charge in [0.2, 0.25) is 5.17 Å². The van der Waals surface area contributed by atoms with Gasteiger partial charge < -0.3 is 14.2 Å².